The minimum absolute atomic E-state index is 0.0694. The molecule has 0 saturated carbocycles. The number of hydrazine groups is 1. The SMILES string of the molecule is CN1CC(C#N)[CH]N1. The molecule has 1 saturated heterocycles. The normalized spacial score (nSPS) is 30.2. The molecule has 8 heavy (non-hydrogen) atoms. The van der Waals surface area contributed by atoms with Crippen molar-refractivity contribution < 1.29 is 0 Å². The van der Waals surface area contributed by atoms with Crippen LogP contribution in [-0.4, -0.2) is 18.6 Å². The predicted octanol–water partition coefficient (Wildman–Crippen LogP) is -0.262. The largest absolute Gasteiger partial charge is 0.249 e. The van der Waals surface area contributed by atoms with E-state index in [2.05, 4.69) is 11.5 Å². The Balaban J connectivity index is 2.35. The van der Waals surface area contributed by atoms with E-state index in [0.29, 0.717) is 0 Å². The van der Waals surface area contributed by atoms with Crippen molar-refractivity contribution in [1.82, 2.24) is 10.4 Å². The van der Waals surface area contributed by atoms with Gasteiger partial charge in [0, 0.05) is 13.6 Å². The maximum atomic E-state index is 8.34. The first-order valence-electron chi connectivity index (χ1n) is 2.53. The van der Waals surface area contributed by atoms with E-state index in [-0.39, 0.29) is 5.92 Å². The Labute approximate surface area is 48.9 Å². The van der Waals surface area contributed by atoms with Crippen molar-refractivity contribution in [1.29, 1.82) is 5.26 Å². The summed E-state index contributed by atoms with van der Waals surface area (Å²) in [5.74, 6) is 0.0694. The molecular weight excluding hydrogens is 102 g/mol. The van der Waals surface area contributed by atoms with E-state index < -0.39 is 0 Å². The molecule has 0 amide bonds. The smallest absolute Gasteiger partial charge is 0.0787 e. The van der Waals surface area contributed by atoms with E-state index in [4.69, 9.17) is 5.26 Å². The second kappa shape index (κ2) is 2.12. The van der Waals surface area contributed by atoms with Crippen LogP contribution >= 0.6 is 0 Å². The zero-order valence-electron chi connectivity index (χ0n) is 4.76. The molecule has 0 spiro atoms. The highest BCUT2D eigenvalue weighted by molar-refractivity contribution is 4.96. The van der Waals surface area contributed by atoms with E-state index in [1.807, 2.05) is 12.1 Å². The number of nitrogens with zero attached hydrogens (tertiary/aromatic N) is 2. The number of rotatable bonds is 0. The van der Waals surface area contributed by atoms with Gasteiger partial charge in [-0.05, 0) is 0 Å². The number of hydrogen-bond acceptors (Lipinski definition) is 3. The van der Waals surface area contributed by atoms with Crippen LogP contribution in [0, 0.1) is 23.8 Å². The molecule has 1 radical (unpaired) electrons. The molecular formula is C5H8N3. The van der Waals surface area contributed by atoms with Gasteiger partial charge in [0.15, 0.2) is 0 Å². The summed E-state index contributed by atoms with van der Waals surface area (Å²) in [4.78, 5) is 0. The zero-order chi connectivity index (χ0) is 5.98. The van der Waals surface area contributed by atoms with Crippen LogP contribution in [0.3, 0.4) is 0 Å². The molecule has 3 heteroatoms. The molecule has 0 aromatic heterocycles. The standard InChI is InChI=1S/C5H8N3/c1-8-4-5(2-6)3-7-8/h3,5,7H,4H2,1H3. The molecule has 0 aromatic rings. The van der Waals surface area contributed by atoms with Crippen LogP contribution in [0.5, 0.6) is 0 Å². The lowest BCUT2D eigenvalue weighted by Gasteiger charge is -2.03. The summed E-state index contributed by atoms with van der Waals surface area (Å²) in [5, 5.41) is 10.2. The molecule has 1 atom stereocenters. The summed E-state index contributed by atoms with van der Waals surface area (Å²) >= 11 is 0. The average Bonchev–Trinajstić information content (AvgIpc) is 2.14. The Morgan fingerprint density at radius 1 is 2.00 bits per heavy atom. The number of hydrogen-bond donors (Lipinski definition) is 1. The first-order valence-corrected chi connectivity index (χ1v) is 2.53. The van der Waals surface area contributed by atoms with Gasteiger partial charge in [-0.3, -0.25) is 0 Å². The van der Waals surface area contributed by atoms with Crippen LogP contribution in [0.2, 0.25) is 0 Å². The summed E-state index contributed by atoms with van der Waals surface area (Å²) in [7, 11) is 1.91. The Kier molecular flexibility index (Phi) is 1.47. The van der Waals surface area contributed by atoms with Crippen molar-refractivity contribution in [2.45, 2.75) is 0 Å². The van der Waals surface area contributed by atoms with E-state index >= 15 is 0 Å². The molecule has 1 N–H and O–H groups in total. The predicted molar refractivity (Wildman–Crippen MR) is 29.2 cm³/mol. The fraction of sp³-hybridized carbons (Fsp3) is 0.600. The topological polar surface area (TPSA) is 39.1 Å². The Morgan fingerprint density at radius 3 is 3.00 bits per heavy atom. The van der Waals surface area contributed by atoms with Gasteiger partial charge in [-0.15, -0.1) is 0 Å². The van der Waals surface area contributed by atoms with Gasteiger partial charge >= 0.3 is 0 Å². The monoisotopic (exact) mass is 110 g/mol. The second-order valence-electron chi connectivity index (χ2n) is 1.91. The Hall–Kier alpha value is -0.590. The third-order valence-corrected chi connectivity index (χ3v) is 1.13. The number of nitrogens with one attached hydrogen (secondary N) is 1. The number of nitriles is 1. The summed E-state index contributed by atoms with van der Waals surface area (Å²) in [6, 6.07) is 2.13. The summed E-state index contributed by atoms with van der Waals surface area (Å²) < 4.78 is 0. The average molecular weight is 110 g/mol. The van der Waals surface area contributed by atoms with Gasteiger partial charge in [-0.25, -0.2) is 10.4 Å². The summed E-state index contributed by atoms with van der Waals surface area (Å²) in [6.07, 6.45) is 0. The van der Waals surface area contributed by atoms with Crippen molar-refractivity contribution in [2.75, 3.05) is 13.6 Å². The first kappa shape index (κ1) is 5.54. The lowest BCUT2D eigenvalue weighted by molar-refractivity contribution is 0.321. The van der Waals surface area contributed by atoms with E-state index in [1.54, 1.807) is 6.54 Å². The highest BCUT2D eigenvalue weighted by atomic mass is 15.5. The maximum absolute atomic E-state index is 8.34. The third kappa shape index (κ3) is 0.971. The molecule has 43 valence electrons. The van der Waals surface area contributed by atoms with Crippen LogP contribution in [-0.2, 0) is 0 Å². The maximum Gasteiger partial charge on any atom is 0.0787 e. The molecule has 1 heterocycles. The fourth-order valence-corrected chi connectivity index (χ4v) is 0.696. The van der Waals surface area contributed by atoms with Gasteiger partial charge in [0.25, 0.3) is 0 Å². The Bertz CT molecular complexity index is 115. The highest BCUT2D eigenvalue weighted by Crippen LogP contribution is 2.05. The van der Waals surface area contributed by atoms with Crippen molar-refractivity contribution >= 4 is 0 Å². The van der Waals surface area contributed by atoms with Gasteiger partial charge in [-0.1, -0.05) is 0 Å². The van der Waals surface area contributed by atoms with Gasteiger partial charge in [0.1, 0.15) is 0 Å². The molecule has 1 fully saturated rings. The van der Waals surface area contributed by atoms with Crippen LogP contribution in [0.1, 0.15) is 0 Å². The lowest BCUT2D eigenvalue weighted by atomic mass is 10.2. The van der Waals surface area contributed by atoms with Crippen molar-refractivity contribution in [3.05, 3.63) is 6.54 Å². The molecule has 0 aliphatic carbocycles. The second-order valence-corrected chi connectivity index (χ2v) is 1.91. The lowest BCUT2D eigenvalue weighted by Crippen LogP contribution is -2.23. The van der Waals surface area contributed by atoms with Gasteiger partial charge in [-0.2, -0.15) is 5.26 Å². The van der Waals surface area contributed by atoms with Crippen LogP contribution in [0.15, 0.2) is 0 Å². The highest BCUT2D eigenvalue weighted by Gasteiger charge is 2.17. The quantitative estimate of drug-likeness (QED) is 0.467. The van der Waals surface area contributed by atoms with Crippen LogP contribution in [0.25, 0.3) is 0 Å². The van der Waals surface area contributed by atoms with Gasteiger partial charge < -0.3 is 0 Å². The van der Waals surface area contributed by atoms with Crippen molar-refractivity contribution in [3.8, 4) is 6.07 Å². The summed E-state index contributed by atoms with van der Waals surface area (Å²) in [5.41, 5.74) is 2.91. The van der Waals surface area contributed by atoms with Crippen LogP contribution in [0.4, 0.5) is 0 Å². The molecule has 1 aliphatic heterocycles. The zero-order valence-corrected chi connectivity index (χ0v) is 4.76. The van der Waals surface area contributed by atoms with Crippen molar-refractivity contribution in [2.24, 2.45) is 5.92 Å². The van der Waals surface area contributed by atoms with Gasteiger partial charge in [0.2, 0.25) is 0 Å². The minimum Gasteiger partial charge on any atom is -0.249 e. The Morgan fingerprint density at radius 2 is 2.75 bits per heavy atom. The third-order valence-electron chi connectivity index (χ3n) is 1.13. The van der Waals surface area contributed by atoms with Crippen LogP contribution < -0.4 is 5.43 Å². The van der Waals surface area contributed by atoms with E-state index in [9.17, 15) is 0 Å². The van der Waals surface area contributed by atoms with E-state index in [1.165, 1.54) is 0 Å². The fourth-order valence-electron chi connectivity index (χ4n) is 0.696. The van der Waals surface area contributed by atoms with E-state index in [0.717, 1.165) is 6.54 Å². The molecule has 0 aromatic carbocycles. The summed E-state index contributed by atoms with van der Waals surface area (Å²) in [6.45, 7) is 2.59. The minimum atomic E-state index is 0.0694. The van der Waals surface area contributed by atoms with Crippen molar-refractivity contribution in [3.63, 3.8) is 0 Å². The molecule has 1 unspecified atom stereocenters. The van der Waals surface area contributed by atoms with Gasteiger partial charge in [0.05, 0.1) is 18.5 Å². The molecule has 1 aliphatic rings. The molecule has 3 nitrogen and oxygen atoms in total. The first-order chi connectivity index (χ1) is 3.83. The molecule has 1 rings (SSSR count). The molecule has 0 bridgehead atoms.